The minimum Gasteiger partial charge on any atom is -0.453 e. The van der Waals surface area contributed by atoms with Gasteiger partial charge in [-0.3, -0.25) is 10.00 Å². The number of nitrogens with zero attached hydrogens (tertiary/aromatic N) is 3. The molecule has 27 heavy (non-hydrogen) atoms. The van der Waals surface area contributed by atoms with E-state index in [4.69, 9.17) is 17.3 Å². The number of rotatable bonds is 5. The van der Waals surface area contributed by atoms with Gasteiger partial charge < -0.3 is 15.5 Å². The SMILES string of the molecule is COC(=O)Nc1ccc(-c2nc([C@@H](N)Cc3cc(C)n(C)n3)[nH]c2Cl)cc1. The highest BCUT2D eigenvalue weighted by Crippen LogP contribution is 2.28. The van der Waals surface area contributed by atoms with E-state index in [0.29, 0.717) is 28.8 Å². The van der Waals surface area contributed by atoms with Crippen LogP contribution in [0.1, 0.15) is 23.3 Å². The van der Waals surface area contributed by atoms with Gasteiger partial charge in [0, 0.05) is 30.4 Å². The molecule has 0 radical (unpaired) electrons. The first-order valence-corrected chi connectivity index (χ1v) is 8.71. The van der Waals surface area contributed by atoms with Crippen LogP contribution in [0.2, 0.25) is 5.15 Å². The van der Waals surface area contributed by atoms with Crippen LogP contribution in [0.25, 0.3) is 11.3 Å². The van der Waals surface area contributed by atoms with Crippen molar-refractivity contribution in [2.24, 2.45) is 12.8 Å². The number of hydrogen-bond acceptors (Lipinski definition) is 5. The van der Waals surface area contributed by atoms with Crippen molar-refractivity contribution in [2.75, 3.05) is 12.4 Å². The molecule has 1 aromatic carbocycles. The van der Waals surface area contributed by atoms with Crippen LogP contribution in [0.15, 0.2) is 30.3 Å². The summed E-state index contributed by atoms with van der Waals surface area (Å²) in [7, 11) is 3.20. The topological polar surface area (TPSA) is 111 Å². The largest absolute Gasteiger partial charge is 0.453 e. The lowest BCUT2D eigenvalue weighted by Crippen LogP contribution is -2.15. The second kappa shape index (κ2) is 7.81. The Morgan fingerprint density at radius 3 is 2.70 bits per heavy atom. The third-order valence-electron chi connectivity index (χ3n) is 4.21. The highest BCUT2D eigenvalue weighted by molar-refractivity contribution is 6.31. The Bertz CT molecular complexity index is 928. The minimum absolute atomic E-state index is 0.356. The van der Waals surface area contributed by atoms with Crippen molar-refractivity contribution in [1.29, 1.82) is 0 Å². The second-order valence-corrected chi connectivity index (χ2v) is 6.57. The number of anilines is 1. The van der Waals surface area contributed by atoms with Crippen LogP contribution in [-0.4, -0.2) is 33.0 Å². The molecule has 2 heterocycles. The van der Waals surface area contributed by atoms with Crippen LogP contribution < -0.4 is 11.1 Å². The molecule has 3 aromatic rings. The Morgan fingerprint density at radius 1 is 1.41 bits per heavy atom. The Kier molecular flexibility index (Phi) is 5.48. The molecule has 0 aliphatic carbocycles. The van der Waals surface area contributed by atoms with Crippen LogP contribution in [0.4, 0.5) is 10.5 Å². The molecule has 3 rings (SSSR count). The molecule has 8 nitrogen and oxygen atoms in total. The lowest BCUT2D eigenvalue weighted by Gasteiger charge is -2.06. The van der Waals surface area contributed by atoms with Crippen LogP contribution in [0, 0.1) is 6.92 Å². The van der Waals surface area contributed by atoms with Gasteiger partial charge in [-0.2, -0.15) is 5.10 Å². The number of imidazole rings is 1. The van der Waals surface area contributed by atoms with E-state index in [0.717, 1.165) is 17.0 Å². The third kappa shape index (κ3) is 4.29. The number of nitrogens with two attached hydrogens (primary N) is 1. The number of amides is 1. The second-order valence-electron chi connectivity index (χ2n) is 6.19. The molecule has 2 aromatic heterocycles. The number of benzene rings is 1. The molecule has 9 heteroatoms. The number of hydrogen-bond donors (Lipinski definition) is 3. The normalized spacial score (nSPS) is 12.0. The maximum Gasteiger partial charge on any atom is 0.411 e. The summed E-state index contributed by atoms with van der Waals surface area (Å²) in [5, 5.41) is 7.42. The predicted molar refractivity (Wildman–Crippen MR) is 104 cm³/mol. The van der Waals surface area contributed by atoms with Gasteiger partial charge >= 0.3 is 6.09 Å². The average molecular weight is 389 g/mol. The fourth-order valence-corrected chi connectivity index (χ4v) is 2.92. The molecule has 142 valence electrons. The zero-order chi connectivity index (χ0) is 19.6. The molecule has 0 saturated carbocycles. The first-order valence-electron chi connectivity index (χ1n) is 8.33. The Labute approximate surface area is 161 Å². The number of aromatic nitrogens is 4. The molecule has 0 spiro atoms. The molecule has 0 saturated heterocycles. The maximum absolute atomic E-state index is 11.2. The van der Waals surface area contributed by atoms with E-state index in [1.54, 1.807) is 12.1 Å². The molecule has 1 amide bonds. The van der Waals surface area contributed by atoms with Crippen molar-refractivity contribution in [3.63, 3.8) is 0 Å². The number of H-pyrrole nitrogens is 1. The van der Waals surface area contributed by atoms with E-state index in [1.165, 1.54) is 7.11 Å². The molecule has 0 unspecified atom stereocenters. The van der Waals surface area contributed by atoms with Gasteiger partial charge in [0.1, 0.15) is 16.7 Å². The van der Waals surface area contributed by atoms with Crippen LogP contribution >= 0.6 is 11.6 Å². The monoisotopic (exact) mass is 388 g/mol. The summed E-state index contributed by atoms with van der Waals surface area (Å²) < 4.78 is 6.38. The summed E-state index contributed by atoms with van der Waals surface area (Å²) >= 11 is 6.32. The Hall–Kier alpha value is -2.84. The summed E-state index contributed by atoms with van der Waals surface area (Å²) in [6.45, 7) is 1.99. The van der Waals surface area contributed by atoms with Gasteiger partial charge in [0.25, 0.3) is 0 Å². The van der Waals surface area contributed by atoms with Crippen LogP contribution in [0.3, 0.4) is 0 Å². The summed E-state index contributed by atoms with van der Waals surface area (Å²) in [6, 6.07) is 8.75. The molecule has 0 bridgehead atoms. The smallest absolute Gasteiger partial charge is 0.411 e. The zero-order valence-electron chi connectivity index (χ0n) is 15.3. The third-order valence-corrected chi connectivity index (χ3v) is 4.49. The fourth-order valence-electron chi connectivity index (χ4n) is 2.67. The number of ether oxygens (including phenoxy) is 1. The Morgan fingerprint density at radius 2 is 2.11 bits per heavy atom. The molecular weight excluding hydrogens is 368 g/mol. The quantitative estimate of drug-likeness (QED) is 0.621. The Balaban J connectivity index is 1.76. The van der Waals surface area contributed by atoms with Gasteiger partial charge in [0.05, 0.1) is 18.8 Å². The van der Waals surface area contributed by atoms with Gasteiger partial charge in [-0.05, 0) is 25.1 Å². The number of carbonyl (C=O) groups excluding carboxylic acids is 1. The van der Waals surface area contributed by atoms with E-state index in [1.807, 2.05) is 36.9 Å². The van der Waals surface area contributed by atoms with Crippen molar-refractivity contribution in [2.45, 2.75) is 19.4 Å². The highest BCUT2D eigenvalue weighted by atomic mass is 35.5. The van der Waals surface area contributed by atoms with Crippen molar-refractivity contribution in [3.05, 3.63) is 52.7 Å². The molecule has 4 N–H and O–H groups in total. The van der Waals surface area contributed by atoms with Gasteiger partial charge in [0.2, 0.25) is 0 Å². The lowest BCUT2D eigenvalue weighted by molar-refractivity contribution is 0.187. The number of aryl methyl sites for hydroxylation is 2. The number of methoxy groups -OCH3 is 1. The van der Waals surface area contributed by atoms with E-state index in [-0.39, 0.29) is 6.04 Å². The zero-order valence-corrected chi connectivity index (χ0v) is 16.0. The predicted octanol–water partition coefficient (Wildman–Crippen LogP) is 3.19. The number of carbonyl (C=O) groups is 1. The highest BCUT2D eigenvalue weighted by Gasteiger charge is 2.17. The van der Waals surface area contributed by atoms with Crippen LogP contribution in [-0.2, 0) is 18.2 Å². The minimum atomic E-state index is -0.529. The number of halogens is 1. The molecule has 0 aliphatic rings. The summed E-state index contributed by atoms with van der Waals surface area (Å²) in [4.78, 5) is 18.8. The van der Waals surface area contributed by atoms with E-state index in [9.17, 15) is 4.79 Å². The fraction of sp³-hybridized carbons (Fsp3) is 0.278. The molecule has 1 atom stereocenters. The molecule has 0 fully saturated rings. The number of aromatic amines is 1. The summed E-state index contributed by atoms with van der Waals surface area (Å²) in [5.41, 5.74) is 10.3. The first kappa shape index (κ1) is 18.9. The van der Waals surface area contributed by atoms with Crippen molar-refractivity contribution in [3.8, 4) is 11.3 Å². The van der Waals surface area contributed by atoms with Gasteiger partial charge in [0.15, 0.2) is 0 Å². The standard InChI is InChI=1S/C18H21ClN6O2/c1-10-8-13(24-25(10)2)9-14(20)17-22-15(16(19)23-17)11-4-6-12(7-5-11)21-18(26)27-3/h4-8,14H,9,20H2,1-3H3,(H,21,26)(H,22,23)/t14-/m0/s1. The van der Waals surface area contributed by atoms with Crippen molar-refractivity contribution < 1.29 is 9.53 Å². The van der Waals surface area contributed by atoms with Gasteiger partial charge in [-0.1, -0.05) is 23.7 Å². The summed E-state index contributed by atoms with van der Waals surface area (Å²) in [5.74, 6) is 0.593. The van der Waals surface area contributed by atoms with E-state index < -0.39 is 6.09 Å². The maximum atomic E-state index is 11.2. The van der Waals surface area contributed by atoms with Gasteiger partial charge in [-0.15, -0.1) is 0 Å². The van der Waals surface area contributed by atoms with Crippen molar-refractivity contribution in [1.82, 2.24) is 19.7 Å². The molecular formula is C18H21ClN6O2. The molecule has 0 aliphatic heterocycles. The van der Waals surface area contributed by atoms with Crippen LogP contribution in [0.5, 0.6) is 0 Å². The lowest BCUT2D eigenvalue weighted by atomic mass is 10.1. The van der Waals surface area contributed by atoms with E-state index >= 15 is 0 Å². The van der Waals surface area contributed by atoms with Crippen molar-refractivity contribution >= 4 is 23.4 Å². The van der Waals surface area contributed by atoms with E-state index in [2.05, 4.69) is 25.1 Å². The average Bonchev–Trinajstić information content (AvgIpc) is 3.18. The number of nitrogens with one attached hydrogen (secondary N) is 2. The summed E-state index contributed by atoms with van der Waals surface area (Å²) in [6.07, 6.45) is 0.0195. The first-order chi connectivity index (χ1) is 12.9. The van der Waals surface area contributed by atoms with Gasteiger partial charge in [-0.25, -0.2) is 9.78 Å².